The molecule has 0 saturated carbocycles. The molecule has 0 radical (unpaired) electrons. The zero-order valence-electron chi connectivity index (χ0n) is 11.9. The molecule has 1 aromatic carbocycles. The molecule has 20 heavy (non-hydrogen) atoms. The van der Waals surface area contributed by atoms with E-state index in [9.17, 15) is 4.39 Å². The standard InChI is InChI=1S/C15H19FN4/c1-10(2)15-19-13(17-3)8-14(20-15)18-9-11-6-4-5-7-12(11)16/h4-8,10H,9H2,1-3H3,(H2,17,18,19,20). The third-order valence-corrected chi connectivity index (χ3v) is 2.93. The second-order valence-corrected chi connectivity index (χ2v) is 4.85. The fourth-order valence-electron chi connectivity index (χ4n) is 1.77. The molecule has 0 atom stereocenters. The van der Waals surface area contributed by atoms with Crippen molar-refractivity contribution in [3.63, 3.8) is 0 Å². The molecule has 2 N–H and O–H groups in total. The smallest absolute Gasteiger partial charge is 0.135 e. The Morgan fingerprint density at radius 2 is 1.85 bits per heavy atom. The second-order valence-electron chi connectivity index (χ2n) is 4.85. The van der Waals surface area contributed by atoms with Crippen molar-refractivity contribution in [2.75, 3.05) is 17.7 Å². The third kappa shape index (κ3) is 3.44. The van der Waals surface area contributed by atoms with Crippen molar-refractivity contribution in [3.8, 4) is 0 Å². The molecule has 4 nitrogen and oxygen atoms in total. The van der Waals surface area contributed by atoms with Gasteiger partial charge in [0.15, 0.2) is 0 Å². The summed E-state index contributed by atoms with van der Waals surface area (Å²) >= 11 is 0. The predicted molar refractivity (Wildman–Crippen MR) is 79.4 cm³/mol. The van der Waals surface area contributed by atoms with Gasteiger partial charge in [0, 0.05) is 31.1 Å². The number of rotatable bonds is 5. The zero-order valence-corrected chi connectivity index (χ0v) is 11.9. The molecule has 106 valence electrons. The van der Waals surface area contributed by atoms with E-state index in [1.54, 1.807) is 12.1 Å². The van der Waals surface area contributed by atoms with Gasteiger partial charge >= 0.3 is 0 Å². The van der Waals surface area contributed by atoms with E-state index in [-0.39, 0.29) is 11.7 Å². The molecule has 0 unspecified atom stereocenters. The van der Waals surface area contributed by atoms with E-state index < -0.39 is 0 Å². The van der Waals surface area contributed by atoms with Crippen LogP contribution in [0.1, 0.15) is 31.2 Å². The number of anilines is 2. The number of halogens is 1. The van der Waals surface area contributed by atoms with Crippen molar-refractivity contribution in [3.05, 3.63) is 47.5 Å². The lowest BCUT2D eigenvalue weighted by Crippen LogP contribution is -2.08. The van der Waals surface area contributed by atoms with Gasteiger partial charge in [0.05, 0.1) is 0 Å². The van der Waals surface area contributed by atoms with E-state index in [0.29, 0.717) is 17.9 Å². The minimum Gasteiger partial charge on any atom is -0.373 e. The van der Waals surface area contributed by atoms with Gasteiger partial charge in [0.2, 0.25) is 0 Å². The second kappa shape index (κ2) is 6.32. The topological polar surface area (TPSA) is 49.8 Å². The molecule has 0 amide bonds. The van der Waals surface area contributed by atoms with Crippen molar-refractivity contribution in [2.24, 2.45) is 0 Å². The van der Waals surface area contributed by atoms with Gasteiger partial charge in [-0.1, -0.05) is 32.0 Å². The van der Waals surface area contributed by atoms with Crippen molar-refractivity contribution < 1.29 is 4.39 Å². The van der Waals surface area contributed by atoms with Crippen LogP contribution in [0.4, 0.5) is 16.0 Å². The van der Waals surface area contributed by atoms with Crippen LogP contribution in [-0.4, -0.2) is 17.0 Å². The highest BCUT2D eigenvalue weighted by atomic mass is 19.1. The molecule has 1 aromatic heterocycles. The summed E-state index contributed by atoms with van der Waals surface area (Å²) in [6.07, 6.45) is 0. The maximum atomic E-state index is 13.6. The summed E-state index contributed by atoms with van der Waals surface area (Å²) in [5.74, 6) is 2.22. The molecule has 0 aliphatic carbocycles. The van der Waals surface area contributed by atoms with E-state index in [1.165, 1.54) is 6.07 Å². The Hall–Kier alpha value is -2.17. The summed E-state index contributed by atoms with van der Waals surface area (Å²) in [6.45, 7) is 4.47. The van der Waals surface area contributed by atoms with Crippen molar-refractivity contribution in [2.45, 2.75) is 26.3 Å². The Labute approximate surface area is 118 Å². The monoisotopic (exact) mass is 274 g/mol. The highest BCUT2D eigenvalue weighted by Crippen LogP contribution is 2.17. The van der Waals surface area contributed by atoms with E-state index in [2.05, 4.69) is 20.6 Å². The van der Waals surface area contributed by atoms with E-state index >= 15 is 0 Å². The van der Waals surface area contributed by atoms with E-state index in [4.69, 9.17) is 0 Å². The molecule has 1 heterocycles. The van der Waals surface area contributed by atoms with Gasteiger partial charge in [-0.3, -0.25) is 0 Å². The normalized spacial score (nSPS) is 10.7. The minimum absolute atomic E-state index is 0.216. The maximum absolute atomic E-state index is 13.6. The molecule has 5 heteroatoms. The number of benzene rings is 1. The van der Waals surface area contributed by atoms with E-state index in [1.807, 2.05) is 33.0 Å². The molecule has 0 spiro atoms. The quantitative estimate of drug-likeness (QED) is 0.877. The van der Waals surface area contributed by atoms with Gasteiger partial charge in [-0.25, -0.2) is 14.4 Å². The summed E-state index contributed by atoms with van der Waals surface area (Å²) in [7, 11) is 1.81. The molecule has 0 saturated heterocycles. The van der Waals surface area contributed by atoms with Gasteiger partial charge < -0.3 is 10.6 Å². The molecular weight excluding hydrogens is 255 g/mol. The number of nitrogens with one attached hydrogen (secondary N) is 2. The van der Waals surface area contributed by atoms with Crippen LogP contribution in [-0.2, 0) is 6.54 Å². The largest absolute Gasteiger partial charge is 0.373 e. The lowest BCUT2D eigenvalue weighted by molar-refractivity contribution is 0.613. The van der Waals surface area contributed by atoms with Crippen molar-refractivity contribution in [1.29, 1.82) is 0 Å². The predicted octanol–water partition coefficient (Wildman–Crippen LogP) is 3.39. The third-order valence-electron chi connectivity index (χ3n) is 2.93. The lowest BCUT2D eigenvalue weighted by Gasteiger charge is -2.11. The van der Waals surface area contributed by atoms with Gasteiger partial charge in [-0.2, -0.15) is 0 Å². The number of nitrogens with zero attached hydrogens (tertiary/aromatic N) is 2. The highest BCUT2D eigenvalue weighted by molar-refractivity contribution is 5.47. The first-order chi connectivity index (χ1) is 9.60. The number of aromatic nitrogens is 2. The molecule has 0 aliphatic heterocycles. The van der Waals surface area contributed by atoms with Gasteiger partial charge in [-0.05, 0) is 6.07 Å². The molecular formula is C15H19FN4. The van der Waals surface area contributed by atoms with Crippen LogP contribution in [0.2, 0.25) is 0 Å². The SMILES string of the molecule is CNc1cc(NCc2ccccc2F)nc(C(C)C)n1. The molecule has 2 rings (SSSR count). The summed E-state index contributed by atoms with van der Waals surface area (Å²) < 4.78 is 13.6. The molecule has 0 bridgehead atoms. The number of hydrogen-bond acceptors (Lipinski definition) is 4. The molecule has 0 fully saturated rings. The average Bonchev–Trinajstić information content (AvgIpc) is 2.46. The first-order valence-electron chi connectivity index (χ1n) is 6.64. The van der Waals surface area contributed by atoms with Crippen molar-refractivity contribution >= 4 is 11.6 Å². The Balaban J connectivity index is 2.17. The minimum atomic E-state index is -0.216. The van der Waals surface area contributed by atoms with Gasteiger partial charge in [-0.15, -0.1) is 0 Å². The fraction of sp³-hybridized carbons (Fsp3) is 0.333. The maximum Gasteiger partial charge on any atom is 0.135 e. The Morgan fingerprint density at radius 3 is 2.50 bits per heavy atom. The van der Waals surface area contributed by atoms with E-state index in [0.717, 1.165) is 11.6 Å². The lowest BCUT2D eigenvalue weighted by atomic mass is 10.2. The molecule has 0 aliphatic rings. The highest BCUT2D eigenvalue weighted by Gasteiger charge is 2.08. The average molecular weight is 274 g/mol. The van der Waals surface area contributed by atoms with Gasteiger partial charge in [0.25, 0.3) is 0 Å². The Morgan fingerprint density at radius 1 is 1.15 bits per heavy atom. The first-order valence-corrected chi connectivity index (χ1v) is 6.64. The Bertz CT molecular complexity index is 584. The molecule has 2 aromatic rings. The Kier molecular flexibility index (Phi) is 4.50. The first kappa shape index (κ1) is 14.2. The number of hydrogen-bond donors (Lipinski definition) is 2. The van der Waals surface area contributed by atoms with Crippen LogP contribution in [0.3, 0.4) is 0 Å². The van der Waals surface area contributed by atoms with Crippen molar-refractivity contribution in [1.82, 2.24) is 9.97 Å². The van der Waals surface area contributed by atoms with Crippen LogP contribution >= 0.6 is 0 Å². The van der Waals surface area contributed by atoms with Gasteiger partial charge in [0.1, 0.15) is 23.3 Å². The van der Waals surface area contributed by atoms with Crippen LogP contribution in [0.5, 0.6) is 0 Å². The summed E-state index contributed by atoms with van der Waals surface area (Å²) in [5.41, 5.74) is 0.614. The summed E-state index contributed by atoms with van der Waals surface area (Å²) in [5, 5.41) is 6.15. The summed E-state index contributed by atoms with van der Waals surface area (Å²) in [6, 6.07) is 8.52. The summed E-state index contributed by atoms with van der Waals surface area (Å²) in [4.78, 5) is 8.83. The van der Waals surface area contributed by atoms with Crippen LogP contribution in [0.15, 0.2) is 30.3 Å². The fourth-order valence-corrected chi connectivity index (χ4v) is 1.77. The van der Waals surface area contributed by atoms with Crippen LogP contribution in [0, 0.1) is 5.82 Å². The van der Waals surface area contributed by atoms with Crippen LogP contribution < -0.4 is 10.6 Å². The zero-order chi connectivity index (χ0) is 14.5. The van der Waals surface area contributed by atoms with Crippen LogP contribution in [0.25, 0.3) is 0 Å².